The van der Waals surface area contributed by atoms with E-state index in [2.05, 4.69) is 9.80 Å². The molecule has 2 heterocycles. The van der Waals surface area contributed by atoms with Gasteiger partial charge in [0.1, 0.15) is 11.6 Å². The SMILES string of the molecule is NC(=O)C(C1CCN(c2ccc(F)cc2)CC1)C1CCN(c2ccc(F)cc2)CC1. The van der Waals surface area contributed by atoms with Crippen molar-refractivity contribution in [3.8, 4) is 0 Å². The summed E-state index contributed by atoms with van der Waals surface area (Å²) < 4.78 is 26.4. The zero-order valence-electron chi connectivity index (χ0n) is 17.1. The number of piperidine rings is 2. The van der Waals surface area contributed by atoms with Gasteiger partial charge in [0.25, 0.3) is 0 Å². The zero-order valence-corrected chi connectivity index (χ0v) is 17.1. The minimum absolute atomic E-state index is 0.101. The first-order chi connectivity index (χ1) is 14.5. The molecule has 0 bridgehead atoms. The highest BCUT2D eigenvalue weighted by Gasteiger charge is 2.37. The van der Waals surface area contributed by atoms with Crippen molar-refractivity contribution in [1.82, 2.24) is 0 Å². The minimum atomic E-state index is -0.227. The Morgan fingerprint density at radius 2 is 1.07 bits per heavy atom. The maximum Gasteiger partial charge on any atom is 0.221 e. The van der Waals surface area contributed by atoms with Crippen LogP contribution in [0.2, 0.25) is 0 Å². The number of nitrogens with two attached hydrogens (primary N) is 1. The van der Waals surface area contributed by atoms with Crippen LogP contribution in [-0.2, 0) is 4.79 Å². The molecule has 0 atom stereocenters. The Balaban J connectivity index is 1.35. The summed E-state index contributed by atoms with van der Waals surface area (Å²) in [4.78, 5) is 16.9. The van der Waals surface area contributed by atoms with Gasteiger partial charge in [0, 0.05) is 43.5 Å². The number of primary amides is 1. The van der Waals surface area contributed by atoms with E-state index in [4.69, 9.17) is 5.73 Å². The number of anilines is 2. The maximum absolute atomic E-state index is 13.2. The molecule has 2 aromatic carbocycles. The van der Waals surface area contributed by atoms with E-state index in [0.717, 1.165) is 63.2 Å². The molecule has 0 aromatic heterocycles. The van der Waals surface area contributed by atoms with Crippen LogP contribution >= 0.6 is 0 Å². The van der Waals surface area contributed by atoms with Crippen LogP contribution in [0, 0.1) is 29.4 Å². The summed E-state index contributed by atoms with van der Waals surface area (Å²) in [5, 5.41) is 0. The number of amides is 1. The Morgan fingerprint density at radius 3 is 1.37 bits per heavy atom. The molecule has 2 fully saturated rings. The van der Waals surface area contributed by atoms with E-state index < -0.39 is 0 Å². The Labute approximate surface area is 176 Å². The van der Waals surface area contributed by atoms with Crippen molar-refractivity contribution in [3.05, 3.63) is 60.2 Å². The average molecular weight is 414 g/mol. The number of nitrogens with zero attached hydrogens (tertiary/aromatic N) is 2. The lowest BCUT2D eigenvalue weighted by Crippen LogP contribution is -2.46. The summed E-state index contributed by atoms with van der Waals surface area (Å²) in [5.74, 6) is -0.154. The molecule has 160 valence electrons. The molecule has 2 N–H and O–H groups in total. The molecular formula is C24H29F2N3O. The molecule has 0 spiro atoms. The fourth-order valence-corrected chi connectivity index (χ4v) is 5.19. The first-order valence-electron chi connectivity index (χ1n) is 10.8. The van der Waals surface area contributed by atoms with Crippen LogP contribution < -0.4 is 15.5 Å². The second-order valence-electron chi connectivity index (χ2n) is 8.53. The third-order valence-corrected chi connectivity index (χ3v) is 6.81. The molecule has 1 amide bonds. The largest absolute Gasteiger partial charge is 0.372 e. The van der Waals surface area contributed by atoms with Gasteiger partial charge in [-0.1, -0.05) is 0 Å². The van der Waals surface area contributed by atoms with Crippen LogP contribution in [0.5, 0.6) is 0 Å². The van der Waals surface area contributed by atoms with E-state index in [1.165, 1.54) is 24.3 Å². The summed E-state index contributed by atoms with van der Waals surface area (Å²) in [5.41, 5.74) is 7.93. The van der Waals surface area contributed by atoms with Crippen molar-refractivity contribution in [2.24, 2.45) is 23.5 Å². The number of carbonyl (C=O) groups is 1. The molecule has 0 radical (unpaired) electrons. The maximum atomic E-state index is 13.2. The first-order valence-corrected chi connectivity index (χ1v) is 10.8. The number of rotatable bonds is 5. The zero-order chi connectivity index (χ0) is 21.1. The van der Waals surface area contributed by atoms with Crippen LogP contribution in [0.3, 0.4) is 0 Å². The molecule has 2 aromatic rings. The van der Waals surface area contributed by atoms with Gasteiger partial charge in [0.05, 0.1) is 0 Å². The third kappa shape index (κ3) is 4.58. The topological polar surface area (TPSA) is 49.6 Å². The summed E-state index contributed by atoms with van der Waals surface area (Å²) >= 11 is 0. The van der Waals surface area contributed by atoms with Gasteiger partial charge < -0.3 is 15.5 Å². The summed E-state index contributed by atoms with van der Waals surface area (Å²) in [6.07, 6.45) is 3.68. The lowest BCUT2D eigenvalue weighted by atomic mass is 9.72. The molecule has 0 saturated carbocycles. The van der Waals surface area contributed by atoms with Gasteiger partial charge in [0.2, 0.25) is 5.91 Å². The minimum Gasteiger partial charge on any atom is -0.372 e. The molecule has 2 aliphatic heterocycles. The summed E-state index contributed by atoms with van der Waals surface area (Å²) in [6, 6.07) is 13.2. The molecular weight excluding hydrogens is 384 g/mol. The van der Waals surface area contributed by atoms with E-state index in [-0.39, 0.29) is 23.5 Å². The standard InChI is InChI=1S/C24H29F2N3O/c25-19-1-5-21(6-2-19)28-13-9-17(10-14-28)23(24(27)30)18-11-15-29(16-12-18)22-7-3-20(26)4-8-22/h1-8,17-18,23H,9-16H2,(H2,27,30). The smallest absolute Gasteiger partial charge is 0.221 e. The fraction of sp³-hybridized carbons (Fsp3) is 0.458. The summed E-state index contributed by atoms with van der Waals surface area (Å²) in [7, 11) is 0. The van der Waals surface area contributed by atoms with Gasteiger partial charge in [0.15, 0.2) is 0 Å². The van der Waals surface area contributed by atoms with Crippen LogP contribution in [-0.4, -0.2) is 32.1 Å². The molecule has 30 heavy (non-hydrogen) atoms. The predicted octanol–water partition coefficient (Wildman–Crippen LogP) is 4.20. The molecule has 4 nitrogen and oxygen atoms in total. The monoisotopic (exact) mass is 413 g/mol. The molecule has 4 rings (SSSR count). The van der Waals surface area contributed by atoms with Gasteiger partial charge >= 0.3 is 0 Å². The second kappa shape index (κ2) is 9.02. The highest BCUT2D eigenvalue weighted by atomic mass is 19.1. The van der Waals surface area contributed by atoms with Gasteiger partial charge in [-0.2, -0.15) is 0 Å². The summed E-state index contributed by atoms with van der Waals surface area (Å²) in [6.45, 7) is 3.42. The van der Waals surface area contributed by atoms with Crippen molar-refractivity contribution in [1.29, 1.82) is 0 Å². The van der Waals surface area contributed by atoms with Crippen molar-refractivity contribution >= 4 is 17.3 Å². The van der Waals surface area contributed by atoms with Crippen LogP contribution in [0.1, 0.15) is 25.7 Å². The van der Waals surface area contributed by atoms with E-state index in [1.807, 2.05) is 24.3 Å². The van der Waals surface area contributed by atoms with Gasteiger partial charge in [-0.3, -0.25) is 4.79 Å². The van der Waals surface area contributed by atoms with Crippen LogP contribution in [0.25, 0.3) is 0 Å². The normalized spacial score (nSPS) is 18.8. The lowest BCUT2D eigenvalue weighted by Gasteiger charge is -2.42. The third-order valence-electron chi connectivity index (χ3n) is 6.81. The van der Waals surface area contributed by atoms with Crippen LogP contribution in [0.15, 0.2) is 48.5 Å². The van der Waals surface area contributed by atoms with E-state index in [1.54, 1.807) is 0 Å². The van der Waals surface area contributed by atoms with E-state index in [9.17, 15) is 13.6 Å². The molecule has 0 aliphatic carbocycles. The highest BCUT2D eigenvalue weighted by Crippen LogP contribution is 2.37. The number of hydrogen-bond donors (Lipinski definition) is 1. The molecule has 6 heteroatoms. The lowest BCUT2D eigenvalue weighted by molar-refractivity contribution is -0.126. The quantitative estimate of drug-likeness (QED) is 0.799. The van der Waals surface area contributed by atoms with Gasteiger partial charge in [-0.15, -0.1) is 0 Å². The van der Waals surface area contributed by atoms with Crippen LogP contribution in [0.4, 0.5) is 20.2 Å². The highest BCUT2D eigenvalue weighted by molar-refractivity contribution is 5.77. The Hall–Kier alpha value is -2.63. The van der Waals surface area contributed by atoms with Gasteiger partial charge in [-0.25, -0.2) is 8.78 Å². The van der Waals surface area contributed by atoms with E-state index in [0.29, 0.717) is 11.8 Å². The Kier molecular flexibility index (Phi) is 6.21. The molecule has 2 aliphatic rings. The first kappa shape index (κ1) is 20.6. The van der Waals surface area contributed by atoms with Crippen molar-refractivity contribution in [3.63, 3.8) is 0 Å². The second-order valence-corrected chi connectivity index (χ2v) is 8.53. The van der Waals surface area contributed by atoms with Crippen molar-refractivity contribution in [2.75, 3.05) is 36.0 Å². The number of benzene rings is 2. The number of carbonyl (C=O) groups excluding carboxylic acids is 1. The molecule has 2 saturated heterocycles. The molecule has 0 unspecified atom stereocenters. The van der Waals surface area contributed by atoms with E-state index >= 15 is 0 Å². The number of halogens is 2. The Bertz CT molecular complexity index is 774. The van der Waals surface area contributed by atoms with Crippen molar-refractivity contribution < 1.29 is 13.6 Å². The van der Waals surface area contributed by atoms with Crippen molar-refractivity contribution in [2.45, 2.75) is 25.7 Å². The Morgan fingerprint density at radius 1 is 0.733 bits per heavy atom. The van der Waals surface area contributed by atoms with Gasteiger partial charge in [-0.05, 0) is 86.1 Å². The average Bonchev–Trinajstić information content (AvgIpc) is 2.76. The number of hydrogen-bond acceptors (Lipinski definition) is 3. The fourth-order valence-electron chi connectivity index (χ4n) is 5.19. The predicted molar refractivity (Wildman–Crippen MR) is 115 cm³/mol.